The van der Waals surface area contributed by atoms with Crippen molar-refractivity contribution in [1.29, 1.82) is 5.26 Å². The zero-order valence-electron chi connectivity index (χ0n) is 11.4. The lowest BCUT2D eigenvalue weighted by Gasteiger charge is -2.22. The van der Waals surface area contributed by atoms with Crippen LogP contribution in [-0.2, 0) is 12.8 Å². The van der Waals surface area contributed by atoms with E-state index in [1.54, 1.807) is 0 Å². The van der Waals surface area contributed by atoms with Gasteiger partial charge in [-0.1, -0.05) is 6.42 Å². The molecule has 3 heteroatoms. The molecule has 1 aromatic heterocycles. The van der Waals surface area contributed by atoms with Gasteiger partial charge in [-0.05, 0) is 51.2 Å². The molecule has 0 atom stereocenters. The minimum absolute atomic E-state index is 0.736. The summed E-state index contributed by atoms with van der Waals surface area (Å²) in [4.78, 5) is 6.96. The first-order valence-electron chi connectivity index (χ1n) is 6.98. The van der Waals surface area contributed by atoms with Gasteiger partial charge < -0.3 is 4.90 Å². The third-order valence-electron chi connectivity index (χ3n) is 3.71. The number of fused-ring (bicyclic) bond motifs is 1. The molecular formula is C15H21N3. The van der Waals surface area contributed by atoms with E-state index < -0.39 is 0 Å². The van der Waals surface area contributed by atoms with Crippen LogP contribution in [0.1, 0.15) is 49.9 Å². The van der Waals surface area contributed by atoms with Crippen LogP contribution in [0.2, 0.25) is 0 Å². The molecular weight excluding hydrogens is 222 g/mol. The van der Waals surface area contributed by atoms with Crippen LogP contribution in [0.4, 0.5) is 5.82 Å². The van der Waals surface area contributed by atoms with Gasteiger partial charge in [0, 0.05) is 18.8 Å². The molecule has 3 nitrogen and oxygen atoms in total. The molecule has 0 spiro atoms. The highest BCUT2D eigenvalue weighted by Crippen LogP contribution is 2.25. The zero-order chi connectivity index (χ0) is 13.0. The molecule has 1 heterocycles. The van der Waals surface area contributed by atoms with Crippen LogP contribution in [0.3, 0.4) is 0 Å². The normalized spacial score (nSPS) is 14.5. The molecule has 0 aliphatic heterocycles. The van der Waals surface area contributed by atoms with Gasteiger partial charge in [-0.15, -0.1) is 0 Å². The molecule has 0 fully saturated rings. The minimum Gasteiger partial charge on any atom is -0.356 e. The lowest BCUT2D eigenvalue weighted by molar-refractivity contribution is 0.708. The largest absolute Gasteiger partial charge is 0.356 e. The summed E-state index contributed by atoms with van der Waals surface area (Å²) in [5.41, 5.74) is 3.24. The monoisotopic (exact) mass is 243 g/mol. The second-order valence-corrected chi connectivity index (χ2v) is 4.81. The molecule has 96 valence electrons. The Labute approximate surface area is 109 Å². The van der Waals surface area contributed by atoms with Gasteiger partial charge in [-0.25, -0.2) is 4.98 Å². The summed E-state index contributed by atoms with van der Waals surface area (Å²) in [5, 5.41) is 9.31. The Morgan fingerprint density at radius 1 is 1.22 bits per heavy atom. The topological polar surface area (TPSA) is 39.9 Å². The molecule has 0 bridgehead atoms. The predicted octanol–water partition coefficient (Wildman–Crippen LogP) is 3.07. The highest BCUT2D eigenvalue weighted by Gasteiger charge is 2.16. The summed E-state index contributed by atoms with van der Waals surface area (Å²) >= 11 is 0. The highest BCUT2D eigenvalue weighted by molar-refractivity contribution is 5.56. The number of hydrogen-bond donors (Lipinski definition) is 0. The number of anilines is 1. The Balaban J connectivity index is 2.46. The first kappa shape index (κ1) is 12.9. The number of hydrogen-bond acceptors (Lipinski definition) is 3. The van der Waals surface area contributed by atoms with E-state index in [9.17, 15) is 5.26 Å². The Hall–Kier alpha value is -1.56. The third kappa shape index (κ3) is 2.48. The lowest BCUT2D eigenvalue weighted by Crippen LogP contribution is -2.24. The van der Waals surface area contributed by atoms with Crippen molar-refractivity contribution in [3.8, 4) is 6.07 Å². The van der Waals surface area contributed by atoms with Gasteiger partial charge in [0.25, 0.3) is 0 Å². The first-order valence-corrected chi connectivity index (χ1v) is 6.98. The van der Waals surface area contributed by atoms with E-state index >= 15 is 0 Å². The van der Waals surface area contributed by atoms with E-state index in [-0.39, 0.29) is 0 Å². The number of nitrogens with zero attached hydrogens (tertiary/aromatic N) is 3. The SMILES string of the molecule is CCN(CC)c1nc2c(cc1C#N)CCCCC2. The van der Waals surface area contributed by atoms with Crippen molar-refractivity contribution in [3.05, 3.63) is 22.9 Å². The summed E-state index contributed by atoms with van der Waals surface area (Å²) in [5.74, 6) is 0.878. The maximum Gasteiger partial charge on any atom is 0.146 e. The molecule has 0 saturated heterocycles. The Morgan fingerprint density at radius 3 is 2.61 bits per heavy atom. The second-order valence-electron chi connectivity index (χ2n) is 4.81. The number of pyridine rings is 1. The van der Waals surface area contributed by atoms with Crippen molar-refractivity contribution in [3.63, 3.8) is 0 Å². The molecule has 0 aromatic carbocycles. The van der Waals surface area contributed by atoms with E-state index in [0.717, 1.165) is 37.3 Å². The van der Waals surface area contributed by atoms with Crippen LogP contribution in [0.15, 0.2) is 6.07 Å². The Morgan fingerprint density at radius 2 is 1.94 bits per heavy atom. The fourth-order valence-electron chi connectivity index (χ4n) is 2.65. The van der Waals surface area contributed by atoms with Gasteiger partial charge in [-0.2, -0.15) is 5.26 Å². The molecule has 0 radical (unpaired) electrons. The fourth-order valence-corrected chi connectivity index (χ4v) is 2.65. The van der Waals surface area contributed by atoms with Crippen LogP contribution in [0.25, 0.3) is 0 Å². The van der Waals surface area contributed by atoms with E-state index in [2.05, 4.69) is 30.9 Å². The third-order valence-corrected chi connectivity index (χ3v) is 3.71. The Bertz CT molecular complexity index is 456. The smallest absolute Gasteiger partial charge is 0.146 e. The van der Waals surface area contributed by atoms with Crippen molar-refractivity contribution < 1.29 is 0 Å². The lowest BCUT2D eigenvalue weighted by atomic mass is 10.1. The number of nitriles is 1. The van der Waals surface area contributed by atoms with E-state index in [4.69, 9.17) is 4.98 Å². The van der Waals surface area contributed by atoms with E-state index in [1.807, 2.05) is 0 Å². The zero-order valence-corrected chi connectivity index (χ0v) is 11.4. The van der Waals surface area contributed by atoms with E-state index in [1.165, 1.54) is 30.5 Å². The van der Waals surface area contributed by atoms with Crippen LogP contribution < -0.4 is 4.90 Å². The molecule has 0 saturated carbocycles. The first-order chi connectivity index (χ1) is 8.80. The maximum absolute atomic E-state index is 9.31. The summed E-state index contributed by atoms with van der Waals surface area (Å²) < 4.78 is 0. The molecule has 1 aromatic rings. The van der Waals surface area contributed by atoms with Crippen LogP contribution in [0.5, 0.6) is 0 Å². The minimum atomic E-state index is 0.736. The van der Waals surface area contributed by atoms with Crippen molar-refractivity contribution in [2.75, 3.05) is 18.0 Å². The summed E-state index contributed by atoms with van der Waals surface area (Å²) in [6.07, 6.45) is 5.87. The predicted molar refractivity (Wildman–Crippen MR) is 73.8 cm³/mol. The average molecular weight is 243 g/mol. The second kappa shape index (κ2) is 5.86. The summed E-state index contributed by atoms with van der Waals surface area (Å²) in [7, 11) is 0. The van der Waals surface area contributed by atoms with Gasteiger partial charge in [-0.3, -0.25) is 0 Å². The van der Waals surface area contributed by atoms with Gasteiger partial charge in [0.15, 0.2) is 0 Å². The van der Waals surface area contributed by atoms with Crippen LogP contribution in [0, 0.1) is 11.3 Å². The molecule has 2 rings (SSSR count). The number of aryl methyl sites for hydroxylation is 2. The van der Waals surface area contributed by atoms with E-state index in [0.29, 0.717) is 0 Å². The van der Waals surface area contributed by atoms with Crippen LogP contribution >= 0.6 is 0 Å². The summed E-state index contributed by atoms with van der Waals surface area (Å²) in [6, 6.07) is 4.38. The molecule has 0 N–H and O–H groups in total. The van der Waals surface area contributed by atoms with Gasteiger partial charge in [0.2, 0.25) is 0 Å². The van der Waals surface area contributed by atoms with Crippen molar-refractivity contribution in [1.82, 2.24) is 4.98 Å². The Kier molecular flexibility index (Phi) is 4.19. The molecule has 1 aliphatic carbocycles. The van der Waals surface area contributed by atoms with Crippen molar-refractivity contribution in [2.45, 2.75) is 46.0 Å². The molecule has 18 heavy (non-hydrogen) atoms. The van der Waals surface area contributed by atoms with Crippen molar-refractivity contribution >= 4 is 5.82 Å². The average Bonchev–Trinajstić information content (AvgIpc) is 2.63. The molecule has 0 amide bonds. The highest BCUT2D eigenvalue weighted by atomic mass is 15.2. The van der Waals surface area contributed by atoms with Crippen molar-refractivity contribution in [2.24, 2.45) is 0 Å². The molecule has 1 aliphatic rings. The van der Waals surface area contributed by atoms with Gasteiger partial charge in [0.1, 0.15) is 11.9 Å². The number of rotatable bonds is 3. The van der Waals surface area contributed by atoms with Gasteiger partial charge in [0.05, 0.1) is 5.56 Å². The summed E-state index contributed by atoms with van der Waals surface area (Å²) in [6.45, 7) is 6.02. The fraction of sp³-hybridized carbons (Fsp3) is 0.600. The quantitative estimate of drug-likeness (QED) is 0.766. The maximum atomic E-state index is 9.31. The van der Waals surface area contributed by atoms with Gasteiger partial charge >= 0.3 is 0 Å². The van der Waals surface area contributed by atoms with Crippen LogP contribution in [-0.4, -0.2) is 18.1 Å². The molecule has 0 unspecified atom stereocenters. The standard InChI is InChI=1S/C15H21N3/c1-3-18(4-2)15-13(11-16)10-12-8-6-5-7-9-14(12)17-15/h10H,3-9H2,1-2H3. The number of aromatic nitrogens is 1.